The van der Waals surface area contributed by atoms with Gasteiger partial charge in [0.15, 0.2) is 0 Å². The molecule has 0 saturated carbocycles. The zero-order valence-corrected chi connectivity index (χ0v) is 13.9. The number of ether oxygens (including phenoxy) is 1. The van der Waals surface area contributed by atoms with Crippen molar-refractivity contribution in [2.24, 2.45) is 10.9 Å². The minimum atomic E-state index is -0.606. The van der Waals surface area contributed by atoms with Gasteiger partial charge in [0.1, 0.15) is 5.92 Å². The maximum atomic E-state index is 12.5. The summed E-state index contributed by atoms with van der Waals surface area (Å²) in [6.45, 7) is 7.57. The van der Waals surface area contributed by atoms with Gasteiger partial charge in [-0.25, -0.2) is 9.79 Å². The largest absolute Gasteiger partial charge is 0.465 e. The van der Waals surface area contributed by atoms with E-state index in [0.717, 1.165) is 11.1 Å². The third-order valence-corrected chi connectivity index (χ3v) is 3.64. The summed E-state index contributed by atoms with van der Waals surface area (Å²) >= 11 is 0. The van der Waals surface area contributed by atoms with Gasteiger partial charge < -0.3 is 4.74 Å². The number of aliphatic imine (C=N–C) groups is 1. The Morgan fingerprint density at radius 1 is 1.30 bits per heavy atom. The van der Waals surface area contributed by atoms with Crippen LogP contribution in [0.2, 0.25) is 0 Å². The SMILES string of the molecule is CCOC(=O)C1C(C)=NC(=O)N(C=C(C)C)C1c1ccccc1. The highest BCUT2D eigenvalue weighted by atomic mass is 16.5. The molecule has 0 aromatic heterocycles. The van der Waals surface area contributed by atoms with Crippen LogP contribution in [0.3, 0.4) is 0 Å². The number of carbonyl (C=O) groups is 2. The van der Waals surface area contributed by atoms with E-state index in [-0.39, 0.29) is 12.0 Å². The predicted octanol–water partition coefficient (Wildman–Crippen LogP) is 3.73. The highest BCUT2D eigenvalue weighted by Gasteiger charge is 2.42. The van der Waals surface area contributed by atoms with Gasteiger partial charge in [0.05, 0.1) is 12.6 Å². The number of esters is 1. The molecule has 2 rings (SSSR count). The van der Waals surface area contributed by atoms with Crippen molar-refractivity contribution in [1.82, 2.24) is 4.90 Å². The summed E-state index contributed by atoms with van der Waals surface area (Å²) in [7, 11) is 0. The lowest BCUT2D eigenvalue weighted by Crippen LogP contribution is -2.45. The first-order valence-corrected chi connectivity index (χ1v) is 7.69. The number of carbonyl (C=O) groups excluding carboxylic acids is 2. The molecule has 2 unspecified atom stereocenters. The van der Waals surface area contributed by atoms with Crippen molar-refractivity contribution in [3.05, 3.63) is 47.7 Å². The molecule has 0 spiro atoms. The molecule has 0 saturated heterocycles. The smallest absolute Gasteiger partial charge is 0.348 e. The number of hydrogen-bond acceptors (Lipinski definition) is 3. The third kappa shape index (κ3) is 3.67. The summed E-state index contributed by atoms with van der Waals surface area (Å²) in [5, 5.41) is 0. The molecule has 1 aliphatic rings. The minimum absolute atomic E-state index is 0.292. The van der Waals surface area contributed by atoms with E-state index in [4.69, 9.17) is 4.74 Å². The zero-order valence-electron chi connectivity index (χ0n) is 13.9. The van der Waals surface area contributed by atoms with Crippen molar-refractivity contribution in [2.75, 3.05) is 6.61 Å². The van der Waals surface area contributed by atoms with E-state index in [1.165, 1.54) is 4.90 Å². The van der Waals surface area contributed by atoms with Crippen LogP contribution < -0.4 is 0 Å². The van der Waals surface area contributed by atoms with Crippen molar-refractivity contribution in [3.63, 3.8) is 0 Å². The molecule has 1 aromatic carbocycles. The van der Waals surface area contributed by atoms with Crippen LogP contribution >= 0.6 is 0 Å². The van der Waals surface area contributed by atoms with E-state index in [9.17, 15) is 9.59 Å². The lowest BCUT2D eigenvalue weighted by molar-refractivity contribution is -0.147. The maximum absolute atomic E-state index is 12.5. The van der Waals surface area contributed by atoms with Crippen LogP contribution in [0.25, 0.3) is 0 Å². The van der Waals surface area contributed by atoms with Crippen molar-refractivity contribution >= 4 is 17.7 Å². The highest BCUT2D eigenvalue weighted by Crippen LogP contribution is 2.35. The second kappa shape index (κ2) is 7.22. The van der Waals surface area contributed by atoms with Crippen LogP contribution in [0, 0.1) is 5.92 Å². The lowest BCUT2D eigenvalue weighted by atomic mass is 9.87. The highest BCUT2D eigenvalue weighted by molar-refractivity contribution is 6.08. The molecular weight excluding hydrogens is 292 g/mol. The fourth-order valence-electron chi connectivity index (χ4n) is 2.73. The normalized spacial score (nSPS) is 20.8. The molecule has 2 atom stereocenters. The Bertz CT molecular complexity index is 645. The molecule has 2 amide bonds. The molecule has 5 nitrogen and oxygen atoms in total. The molecule has 1 heterocycles. The topological polar surface area (TPSA) is 59.0 Å². The summed E-state index contributed by atoms with van der Waals surface area (Å²) in [6.07, 6.45) is 1.74. The summed E-state index contributed by atoms with van der Waals surface area (Å²) in [5.41, 5.74) is 2.32. The molecule has 0 N–H and O–H groups in total. The third-order valence-electron chi connectivity index (χ3n) is 3.64. The van der Waals surface area contributed by atoms with E-state index >= 15 is 0 Å². The van der Waals surface area contributed by atoms with Crippen LogP contribution in [0.15, 0.2) is 47.1 Å². The van der Waals surface area contributed by atoms with Crippen molar-refractivity contribution < 1.29 is 14.3 Å². The molecule has 23 heavy (non-hydrogen) atoms. The quantitative estimate of drug-likeness (QED) is 0.796. The van der Waals surface area contributed by atoms with Crippen LogP contribution in [0.5, 0.6) is 0 Å². The van der Waals surface area contributed by atoms with Crippen molar-refractivity contribution in [2.45, 2.75) is 33.7 Å². The molecule has 0 radical (unpaired) electrons. The van der Waals surface area contributed by atoms with E-state index < -0.39 is 12.0 Å². The first kappa shape index (κ1) is 16.9. The van der Waals surface area contributed by atoms with Gasteiger partial charge >= 0.3 is 12.0 Å². The molecule has 1 aliphatic heterocycles. The number of amides is 2. The van der Waals surface area contributed by atoms with Gasteiger partial charge in [0.25, 0.3) is 0 Å². The Labute approximate surface area is 136 Å². The molecule has 0 aliphatic carbocycles. The monoisotopic (exact) mass is 314 g/mol. The van der Waals surface area contributed by atoms with Crippen molar-refractivity contribution in [1.29, 1.82) is 0 Å². The summed E-state index contributed by atoms with van der Waals surface area (Å²) in [6, 6.07) is 8.70. The molecular formula is C18H22N2O3. The Kier molecular flexibility index (Phi) is 5.32. The second-order valence-corrected chi connectivity index (χ2v) is 5.73. The predicted molar refractivity (Wildman–Crippen MR) is 89.1 cm³/mol. The van der Waals surface area contributed by atoms with Gasteiger partial charge in [0, 0.05) is 11.9 Å². The van der Waals surface area contributed by atoms with Gasteiger partial charge in [-0.2, -0.15) is 0 Å². The first-order chi connectivity index (χ1) is 11.0. The standard InChI is InChI=1S/C18H22N2O3/c1-5-23-17(21)15-13(4)19-18(22)20(11-12(2)3)16(15)14-9-7-6-8-10-14/h6-11,15-16H,5H2,1-4H3. The molecule has 0 bridgehead atoms. The number of benzene rings is 1. The Balaban J connectivity index is 2.57. The van der Waals surface area contributed by atoms with E-state index in [2.05, 4.69) is 4.99 Å². The molecule has 0 fully saturated rings. The van der Waals surface area contributed by atoms with E-state index in [1.807, 2.05) is 44.2 Å². The van der Waals surface area contributed by atoms with Gasteiger partial charge in [-0.1, -0.05) is 35.9 Å². The average molecular weight is 314 g/mol. The molecule has 5 heteroatoms. The van der Waals surface area contributed by atoms with Crippen LogP contribution in [-0.4, -0.2) is 29.2 Å². The lowest BCUT2D eigenvalue weighted by Gasteiger charge is -2.36. The van der Waals surface area contributed by atoms with Crippen LogP contribution in [0.4, 0.5) is 4.79 Å². The second-order valence-electron chi connectivity index (χ2n) is 5.73. The number of nitrogens with zero attached hydrogens (tertiary/aromatic N) is 2. The number of rotatable bonds is 4. The van der Waals surface area contributed by atoms with E-state index in [0.29, 0.717) is 12.3 Å². The number of urea groups is 1. The average Bonchev–Trinajstić information content (AvgIpc) is 2.50. The number of hydrogen-bond donors (Lipinski definition) is 0. The summed E-state index contributed by atoms with van der Waals surface area (Å²) < 4.78 is 5.21. The summed E-state index contributed by atoms with van der Waals surface area (Å²) in [4.78, 5) is 30.4. The maximum Gasteiger partial charge on any atom is 0.348 e. The fraction of sp³-hybridized carbons (Fsp3) is 0.389. The Morgan fingerprint density at radius 3 is 2.52 bits per heavy atom. The first-order valence-electron chi connectivity index (χ1n) is 7.69. The molecule has 122 valence electrons. The Morgan fingerprint density at radius 2 is 1.96 bits per heavy atom. The van der Waals surface area contributed by atoms with Crippen LogP contribution in [-0.2, 0) is 9.53 Å². The zero-order chi connectivity index (χ0) is 17.0. The van der Waals surface area contributed by atoms with Crippen molar-refractivity contribution in [3.8, 4) is 0 Å². The summed E-state index contributed by atoms with van der Waals surface area (Å²) in [5.74, 6) is -0.965. The van der Waals surface area contributed by atoms with Gasteiger partial charge in [-0.15, -0.1) is 0 Å². The van der Waals surface area contributed by atoms with E-state index in [1.54, 1.807) is 20.0 Å². The fourth-order valence-corrected chi connectivity index (χ4v) is 2.73. The number of allylic oxidation sites excluding steroid dienone is 1. The van der Waals surface area contributed by atoms with Gasteiger partial charge in [-0.05, 0) is 33.3 Å². The van der Waals surface area contributed by atoms with Gasteiger partial charge in [-0.3, -0.25) is 9.69 Å². The van der Waals surface area contributed by atoms with Gasteiger partial charge in [0.2, 0.25) is 0 Å². The van der Waals surface area contributed by atoms with Crippen LogP contribution in [0.1, 0.15) is 39.3 Å². The minimum Gasteiger partial charge on any atom is -0.465 e. The molecule has 1 aromatic rings. The Hall–Kier alpha value is -2.43.